The van der Waals surface area contributed by atoms with Crippen LogP contribution in [-0.2, 0) is 0 Å². The summed E-state index contributed by atoms with van der Waals surface area (Å²) in [6.07, 6.45) is 6.76. The molecule has 1 unspecified atom stereocenters. The molecule has 20 heavy (non-hydrogen) atoms. The fraction of sp³-hybridized carbons (Fsp3) is 0.812. The molecule has 1 atom stereocenters. The van der Waals surface area contributed by atoms with Gasteiger partial charge in [-0.15, -0.1) is 11.3 Å². The molecule has 1 aliphatic rings. The van der Waals surface area contributed by atoms with Crippen molar-refractivity contribution in [2.24, 2.45) is 0 Å². The molecule has 0 amide bonds. The summed E-state index contributed by atoms with van der Waals surface area (Å²) in [5.41, 5.74) is 1.57. The summed E-state index contributed by atoms with van der Waals surface area (Å²) in [6, 6.07) is 0.346. The van der Waals surface area contributed by atoms with E-state index < -0.39 is 0 Å². The van der Waals surface area contributed by atoms with Crippen molar-refractivity contribution in [2.75, 3.05) is 20.6 Å². The van der Waals surface area contributed by atoms with Crippen LogP contribution >= 0.6 is 11.3 Å². The molecule has 0 aromatic carbocycles. The molecule has 2 rings (SSSR count). The molecule has 3 nitrogen and oxygen atoms in total. The molecule has 1 aromatic rings. The summed E-state index contributed by atoms with van der Waals surface area (Å²) < 4.78 is 0. The van der Waals surface area contributed by atoms with Crippen molar-refractivity contribution in [3.8, 4) is 0 Å². The molecule has 0 bridgehead atoms. The van der Waals surface area contributed by atoms with Crippen molar-refractivity contribution in [1.82, 2.24) is 15.2 Å². The molecule has 0 spiro atoms. The molecule has 1 N–H and O–H groups in total. The number of likely N-dealkylation sites (N-methyl/N-ethyl adjacent to an activating group) is 1. The van der Waals surface area contributed by atoms with Gasteiger partial charge in [0.25, 0.3) is 0 Å². The Kier molecular flexibility index (Phi) is 5.21. The van der Waals surface area contributed by atoms with Gasteiger partial charge >= 0.3 is 0 Å². The van der Waals surface area contributed by atoms with E-state index in [1.807, 2.05) is 0 Å². The fourth-order valence-corrected chi connectivity index (χ4v) is 4.29. The number of hydrogen-bond donors (Lipinski definition) is 1. The second-order valence-electron chi connectivity index (χ2n) is 6.46. The van der Waals surface area contributed by atoms with Crippen molar-refractivity contribution >= 4 is 11.3 Å². The van der Waals surface area contributed by atoms with Gasteiger partial charge in [-0.25, -0.2) is 4.98 Å². The molecule has 0 aliphatic heterocycles. The van der Waals surface area contributed by atoms with Crippen molar-refractivity contribution in [1.29, 1.82) is 0 Å². The van der Waals surface area contributed by atoms with E-state index in [-0.39, 0.29) is 0 Å². The lowest BCUT2D eigenvalue weighted by Gasteiger charge is -2.43. The summed E-state index contributed by atoms with van der Waals surface area (Å²) in [5, 5.41) is 4.92. The Morgan fingerprint density at radius 3 is 2.40 bits per heavy atom. The zero-order valence-electron chi connectivity index (χ0n) is 13.6. The first-order valence-corrected chi connectivity index (χ1v) is 8.61. The van der Waals surface area contributed by atoms with E-state index in [0.29, 0.717) is 11.6 Å². The van der Waals surface area contributed by atoms with E-state index in [1.165, 1.54) is 47.7 Å². The van der Waals surface area contributed by atoms with E-state index in [0.717, 1.165) is 6.54 Å². The molecule has 1 aliphatic carbocycles. The minimum atomic E-state index is 0.339. The standard InChI is InChI=1S/C16H29N3S/c1-12(15-13(2)20-14(3)18-15)17-11-16(19(4)5)9-7-6-8-10-16/h12,17H,6-11H2,1-5H3. The van der Waals surface area contributed by atoms with Crippen LogP contribution in [0.2, 0.25) is 0 Å². The lowest BCUT2D eigenvalue weighted by Crippen LogP contribution is -2.53. The maximum atomic E-state index is 4.68. The first-order valence-electron chi connectivity index (χ1n) is 7.79. The van der Waals surface area contributed by atoms with Crippen molar-refractivity contribution in [2.45, 2.75) is 64.5 Å². The largest absolute Gasteiger partial charge is 0.307 e. The molecule has 1 fully saturated rings. The average molecular weight is 295 g/mol. The van der Waals surface area contributed by atoms with E-state index >= 15 is 0 Å². The Morgan fingerprint density at radius 1 is 1.25 bits per heavy atom. The molecule has 1 heterocycles. The number of nitrogens with zero attached hydrogens (tertiary/aromatic N) is 2. The van der Waals surface area contributed by atoms with Crippen LogP contribution in [-0.4, -0.2) is 36.1 Å². The zero-order chi connectivity index (χ0) is 14.8. The third kappa shape index (κ3) is 3.41. The topological polar surface area (TPSA) is 28.2 Å². The lowest BCUT2D eigenvalue weighted by molar-refractivity contribution is 0.0957. The van der Waals surface area contributed by atoms with Gasteiger partial charge in [0.15, 0.2) is 0 Å². The number of aromatic nitrogens is 1. The highest BCUT2D eigenvalue weighted by molar-refractivity contribution is 7.11. The Bertz CT molecular complexity index is 433. The minimum Gasteiger partial charge on any atom is -0.307 e. The van der Waals surface area contributed by atoms with Gasteiger partial charge in [0.1, 0.15) is 0 Å². The van der Waals surface area contributed by atoms with Gasteiger partial charge in [0.2, 0.25) is 0 Å². The maximum Gasteiger partial charge on any atom is 0.0900 e. The van der Waals surface area contributed by atoms with Crippen LogP contribution < -0.4 is 5.32 Å². The van der Waals surface area contributed by atoms with Crippen molar-refractivity contribution in [3.63, 3.8) is 0 Å². The summed E-state index contributed by atoms with van der Waals surface area (Å²) in [6.45, 7) is 7.59. The van der Waals surface area contributed by atoms with Gasteiger partial charge in [-0.05, 0) is 47.7 Å². The number of rotatable bonds is 5. The first kappa shape index (κ1) is 15.9. The van der Waals surface area contributed by atoms with Crippen LogP contribution in [0.4, 0.5) is 0 Å². The minimum absolute atomic E-state index is 0.339. The number of hydrogen-bond acceptors (Lipinski definition) is 4. The Labute approximate surface area is 127 Å². The van der Waals surface area contributed by atoms with Gasteiger partial charge in [-0.1, -0.05) is 19.3 Å². The highest BCUT2D eigenvalue weighted by atomic mass is 32.1. The van der Waals surface area contributed by atoms with E-state index in [4.69, 9.17) is 0 Å². The summed E-state index contributed by atoms with van der Waals surface area (Å²) in [5.74, 6) is 0. The van der Waals surface area contributed by atoms with Crippen LogP contribution in [0.15, 0.2) is 0 Å². The second kappa shape index (κ2) is 6.54. The third-order valence-electron chi connectivity index (χ3n) is 4.82. The molecular formula is C16H29N3S. The molecule has 114 valence electrons. The van der Waals surface area contributed by atoms with Gasteiger partial charge in [-0.3, -0.25) is 0 Å². The molecule has 0 saturated heterocycles. The monoisotopic (exact) mass is 295 g/mol. The summed E-state index contributed by atoms with van der Waals surface area (Å²) in [7, 11) is 4.46. The maximum absolute atomic E-state index is 4.68. The lowest BCUT2D eigenvalue weighted by atomic mass is 9.80. The highest BCUT2D eigenvalue weighted by Gasteiger charge is 2.34. The average Bonchev–Trinajstić information content (AvgIpc) is 2.76. The molecule has 1 saturated carbocycles. The number of nitrogens with one attached hydrogen (secondary N) is 1. The van der Waals surface area contributed by atoms with E-state index in [9.17, 15) is 0 Å². The Balaban J connectivity index is 2.00. The normalized spacial score (nSPS) is 20.3. The molecule has 0 radical (unpaired) electrons. The first-order chi connectivity index (χ1) is 9.44. The van der Waals surface area contributed by atoms with Crippen LogP contribution in [0.25, 0.3) is 0 Å². The Hall–Kier alpha value is -0.450. The summed E-state index contributed by atoms with van der Waals surface area (Å²) in [4.78, 5) is 8.47. The molecule has 1 aromatic heterocycles. The van der Waals surface area contributed by atoms with Crippen LogP contribution in [0.3, 0.4) is 0 Å². The SMILES string of the molecule is Cc1nc(C(C)NCC2(N(C)C)CCCCC2)c(C)s1. The van der Waals surface area contributed by atoms with Gasteiger partial charge in [0.05, 0.1) is 10.7 Å². The van der Waals surface area contributed by atoms with Crippen molar-refractivity contribution in [3.05, 3.63) is 15.6 Å². The fourth-order valence-electron chi connectivity index (χ4n) is 3.38. The van der Waals surface area contributed by atoms with Gasteiger partial charge in [0, 0.05) is 23.0 Å². The predicted octanol–water partition coefficient (Wildman–Crippen LogP) is 3.68. The second-order valence-corrected chi connectivity index (χ2v) is 7.86. The van der Waals surface area contributed by atoms with Crippen LogP contribution in [0.1, 0.15) is 60.6 Å². The number of thiazole rings is 1. The number of aryl methyl sites for hydroxylation is 2. The van der Waals surface area contributed by atoms with Gasteiger partial charge in [-0.2, -0.15) is 0 Å². The smallest absolute Gasteiger partial charge is 0.0900 e. The van der Waals surface area contributed by atoms with Crippen LogP contribution in [0, 0.1) is 13.8 Å². The highest BCUT2D eigenvalue weighted by Crippen LogP contribution is 2.32. The quantitative estimate of drug-likeness (QED) is 0.898. The summed E-state index contributed by atoms with van der Waals surface area (Å²) >= 11 is 1.80. The Morgan fingerprint density at radius 2 is 1.90 bits per heavy atom. The predicted molar refractivity (Wildman–Crippen MR) is 87.5 cm³/mol. The zero-order valence-corrected chi connectivity index (χ0v) is 14.4. The molecular weight excluding hydrogens is 266 g/mol. The van der Waals surface area contributed by atoms with E-state index in [2.05, 4.69) is 50.1 Å². The van der Waals surface area contributed by atoms with E-state index in [1.54, 1.807) is 11.3 Å². The third-order valence-corrected chi connectivity index (χ3v) is 5.72. The van der Waals surface area contributed by atoms with Crippen LogP contribution in [0.5, 0.6) is 0 Å². The molecule has 4 heteroatoms. The van der Waals surface area contributed by atoms with Gasteiger partial charge < -0.3 is 10.2 Å². The van der Waals surface area contributed by atoms with Crippen molar-refractivity contribution < 1.29 is 0 Å².